The van der Waals surface area contributed by atoms with Crippen molar-refractivity contribution in [1.82, 2.24) is 21.3 Å². The molecule has 0 aromatic rings. The second kappa shape index (κ2) is 6.54. The molecule has 0 spiro atoms. The molecule has 0 aromatic heterocycles. The second-order valence-corrected chi connectivity index (χ2v) is 3.61. The lowest BCUT2D eigenvalue weighted by molar-refractivity contribution is 0.266. The molecule has 3 N–H and O–H groups in total. The second-order valence-electron chi connectivity index (χ2n) is 3.61. The third-order valence-corrected chi connectivity index (χ3v) is 2.22. The van der Waals surface area contributed by atoms with Gasteiger partial charge in [-0.2, -0.15) is 0 Å². The van der Waals surface area contributed by atoms with Crippen molar-refractivity contribution in [1.29, 1.82) is 0 Å². The third kappa shape index (κ3) is 3.87. The van der Waals surface area contributed by atoms with Crippen molar-refractivity contribution in [3.05, 3.63) is 12.0 Å². The zero-order chi connectivity index (χ0) is 10.2. The predicted octanol–water partition coefficient (Wildman–Crippen LogP) is 1.30. The Bertz CT molecular complexity index is 179. The maximum atomic E-state index is 3.33. The van der Waals surface area contributed by atoms with Crippen molar-refractivity contribution in [3.63, 3.8) is 0 Å². The van der Waals surface area contributed by atoms with Crippen molar-refractivity contribution >= 4 is 0 Å². The fourth-order valence-corrected chi connectivity index (χ4v) is 1.29. The molecule has 4 nitrogen and oxygen atoms in total. The van der Waals surface area contributed by atoms with Crippen LogP contribution in [0.2, 0.25) is 0 Å². The number of rotatable bonds is 7. The molecule has 1 heterocycles. The summed E-state index contributed by atoms with van der Waals surface area (Å²) < 4.78 is 0. The minimum atomic E-state index is 1.04. The van der Waals surface area contributed by atoms with E-state index in [-0.39, 0.29) is 0 Å². The summed E-state index contributed by atoms with van der Waals surface area (Å²) in [6, 6.07) is 0. The Morgan fingerprint density at radius 3 is 2.79 bits per heavy atom. The maximum Gasteiger partial charge on any atom is 0.132 e. The van der Waals surface area contributed by atoms with E-state index in [1.54, 1.807) is 0 Å². The van der Waals surface area contributed by atoms with Crippen molar-refractivity contribution in [2.75, 3.05) is 13.1 Å². The summed E-state index contributed by atoms with van der Waals surface area (Å²) in [7, 11) is 0. The Morgan fingerprint density at radius 2 is 2.07 bits per heavy atom. The Balaban J connectivity index is 2.14. The van der Waals surface area contributed by atoms with Gasteiger partial charge in [0.25, 0.3) is 0 Å². The molecule has 82 valence electrons. The van der Waals surface area contributed by atoms with Crippen LogP contribution in [0, 0.1) is 0 Å². The minimum Gasteiger partial charge on any atom is -0.370 e. The summed E-state index contributed by atoms with van der Waals surface area (Å²) in [6.45, 7) is 6.50. The monoisotopic (exact) mass is 198 g/mol. The van der Waals surface area contributed by atoms with Crippen molar-refractivity contribution in [3.8, 4) is 0 Å². The van der Waals surface area contributed by atoms with E-state index in [9.17, 15) is 0 Å². The normalized spacial score (nSPS) is 15.3. The Kier molecular flexibility index (Phi) is 5.22. The smallest absolute Gasteiger partial charge is 0.132 e. The highest BCUT2D eigenvalue weighted by atomic mass is 15.7. The van der Waals surface area contributed by atoms with E-state index >= 15 is 0 Å². The molecular weight excluding hydrogens is 176 g/mol. The highest BCUT2D eigenvalue weighted by Crippen LogP contribution is 1.99. The summed E-state index contributed by atoms with van der Waals surface area (Å²) in [4.78, 5) is 0. The molecule has 14 heavy (non-hydrogen) atoms. The first kappa shape index (κ1) is 11.2. The molecule has 0 amide bonds. The fraction of sp³-hybridized carbons (Fsp3) is 0.800. The largest absolute Gasteiger partial charge is 0.370 e. The average molecular weight is 198 g/mol. The molecule has 0 radical (unpaired) electrons. The van der Waals surface area contributed by atoms with Crippen LogP contribution in [0.4, 0.5) is 0 Å². The van der Waals surface area contributed by atoms with Gasteiger partial charge in [-0.15, -0.1) is 5.53 Å². The summed E-state index contributed by atoms with van der Waals surface area (Å²) in [5, 5.41) is 5.42. The molecule has 4 heteroatoms. The van der Waals surface area contributed by atoms with Crippen LogP contribution < -0.4 is 16.3 Å². The lowest BCUT2D eigenvalue weighted by Crippen LogP contribution is -2.38. The van der Waals surface area contributed by atoms with Gasteiger partial charge in [-0.1, -0.05) is 26.7 Å². The van der Waals surface area contributed by atoms with Crippen molar-refractivity contribution < 1.29 is 0 Å². The highest BCUT2D eigenvalue weighted by molar-refractivity contribution is 4.98. The Labute approximate surface area is 86.7 Å². The average Bonchev–Trinajstić information content (AvgIpc) is 2.63. The molecule has 1 rings (SSSR count). The van der Waals surface area contributed by atoms with Gasteiger partial charge in [0.15, 0.2) is 0 Å². The van der Waals surface area contributed by atoms with Crippen LogP contribution in [-0.4, -0.2) is 18.1 Å². The zero-order valence-corrected chi connectivity index (χ0v) is 9.27. The molecule has 0 unspecified atom stereocenters. The number of nitrogens with zero attached hydrogens (tertiary/aromatic N) is 1. The molecule has 0 saturated carbocycles. The minimum absolute atomic E-state index is 1.04. The number of hydrogen-bond donors (Lipinski definition) is 3. The topological polar surface area (TPSA) is 39.3 Å². The van der Waals surface area contributed by atoms with Gasteiger partial charge in [0.2, 0.25) is 0 Å². The highest BCUT2D eigenvalue weighted by Gasteiger charge is 2.08. The van der Waals surface area contributed by atoms with E-state index in [4.69, 9.17) is 0 Å². The standard InChI is InChI=1S/C10H22N4/c1-3-5-7-11-10-9-14(13-12-10)8-6-4-2/h9,11-13H,3-8H2,1-2H3. The fourth-order valence-electron chi connectivity index (χ4n) is 1.29. The van der Waals surface area contributed by atoms with E-state index < -0.39 is 0 Å². The van der Waals surface area contributed by atoms with Gasteiger partial charge in [-0.25, -0.2) is 0 Å². The van der Waals surface area contributed by atoms with E-state index in [1.807, 2.05) is 0 Å². The summed E-state index contributed by atoms with van der Waals surface area (Å²) >= 11 is 0. The van der Waals surface area contributed by atoms with Gasteiger partial charge in [-0.3, -0.25) is 10.4 Å². The van der Waals surface area contributed by atoms with Crippen LogP contribution in [0.25, 0.3) is 0 Å². The summed E-state index contributed by atoms with van der Waals surface area (Å²) in [6.07, 6.45) is 6.98. The van der Waals surface area contributed by atoms with E-state index in [0.29, 0.717) is 0 Å². The lowest BCUT2D eigenvalue weighted by Gasteiger charge is -2.13. The van der Waals surface area contributed by atoms with Crippen LogP contribution in [0.15, 0.2) is 12.0 Å². The summed E-state index contributed by atoms with van der Waals surface area (Å²) in [5.41, 5.74) is 6.20. The van der Waals surface area contributed by atoms with Crippen molar-refractivity contribution in [2.24, 2.45) is 0 Å². The van der Waals surface area contributed by atoms with Crippen LogP contribution in [-0.2, 0) is 0 Å². The predicted molar refractivity (Wildman–Crippen MR) is 58.9 cm³/mol. The molecule has 1 aliphatic rings. The van der Waals surface area contributed by atoms with Gasteiger partial charge >= 0.3 is 0 Å². The van der Waals surface area contributed by atoms with Gasteiger partial charge in [0.05, 0.1) is 6.20 Å². The number of hydrogen-bond acceptors (Lipinski definition) is 4. The molecule has 0 fully saturated rings. The Morgan fingerprint density at radius 1 is 1.29 bits per heavy atom. The van der Waals surface area contributed by atoms with Crippen LogP contribution in [0.5, 0.6) is 0 Å². The maximum absolute atomic E-state index is 3.33. The van der Waals surface area contributed by atoms with Gasteiger partial charge < -0.3 is 5.32 Å². The first-order valence-corrected chi connectivity index (χ1v) is 5.60. The zero-order valence-electron chi connectivity index (χ0n) is 9.27. The van der Waals surface area contributed by atoms with Gasteiger partial charge in [-0.05, 0) is 12.8 Å². The number of hydrazine groups is 2. The van der Waals surface area contributed by atoms with Crippen LogP contribution in [0.3, 0.4) is 0 Å². The van der Waals surface area contributed by atoms with Gasteiger partial charge in [0, 0.05) is 13.1 Å². The van der Waals surface area contributed by atoms with E-state index in [2.05, 4.69) is 41.3 Å². The molecule has 0 aromatic carbocycles. The van der Waals surface area contributed by atoms with Crippen LogP contribution >= 0.6 is 0 Å². The SMILES string of the molecule is CCCCNC1=CN(CCCC)NN1. The molecule has 0 aliphatic carbocycles. The van der Waals surface area contributed by atoms with E-state index in [1.165, 1.54) is 25.7 Å². The Hall–Kier alpha value is -0.900. The van der Waals surface area contributed by atoms with Gasteiger partial charge in [0.1, 0.15) is 5.82 Å². The molecule has 0 atom stereocenters. The molecular formula is C10H22N4. The first-order valence-electron chi connectivity index (χ1n) is 5.60. The number of unbranched alkanes of at least 4 members (excludes halogenated alkanes) is 2. The lowest BCUT2D eigenvalue weighted by atomic mass is 10.3. The molecule has 0 bridgehead atoms. The first-order chi connectivity index (χ1) is 6.86. The van der Waals surface area contributed by atoms with Crippen molar-refractivity contribution in [2.45, 2.75) is 39.5 Å². The summed E-state index contributed by atoms with van der Waals surface area (Å²) in [5.74, 6) is 1.08. The molecule has 0 saturated heterocycles. The third-order valence-electron chi connectivity index (χ3n) is 2.22. The van der Waals surface area contributed by atoms with Crippen LogP contribution in [0.1, 0.15) is 39.5 Å². The van der Waals surface area contributed by atoms with E-state index in [0.717, 1.165) is 18.9 Å². The molecule has 1 aliphatic heterocycles. The quantitative estimate of drug-likeness (QED) is 0.539. The number of nitrogens with one attached hydrogen (secondary N) is 3.